The number of epoxide rings is 1. The quantitative estimate of drug-likeness (QED) is 0.414. The molecule has 0 aromatic heterocycles. The summed E-state index contributed by atoms with van der Waals surface area (Å²) in [6.07, 6.45) is -5.14. The second-order valence-electron chi connectivity index (χ2n) is 8.15. The van der Waals surface area contributed by atoms with E-state index in [1.807, 2.05) is 0 Å². The second kappa shape index (κ2) is 9.90. The van der Waals surface area contributed by atoms with Crippen LogP contribution in [0.15, 0.2) is 12.1 Å². The minimum atomic E-state index is -3.16. The summed E-state index contributed by atoms with van der Waals surface area (Å²) in [7, 11) is 1.65. The zero-order valence-corrected chi connectivity index (χ0v) is 18.3. The van der Waals surface area contributed by atoms with E-state index in [1.54, 1.807) is 17.0 Å². The largest absolute Gasteiger partial charge is 0.386 e. The van der Waals surface area contributed by atoms with Crippen molar-refractivity contribution in [2.75, 3.05) is 62.7 Å². The van der Waals surface area contributed by atoms with E-state index in [0.29, 0.717) is 6.54 Å². The molecule has 0 saturated carbocycles. The number of hydrazine groups is 1. The van der Waals surface area contributed by atoms with Crippen LogP contribution in [0.1, 0.15) is 0 Å². The summed E-state index contributed by atoms with van der Waals surface area (Å²) >= 11 is 0. The number of aliphatic hydroxyl groups excluding tert-OH is 1. The van der Waals surface area contributed by atoms with E-state index < -0.39 is 55.1 Å². The van der Waals surface area contributed by atoms with Crippen LogP contribution in [-0.2, 0) is 19.1 Å². The lowest BCUT2D eigenvalue weighted by Crippen LogP contribution is -2.48. The van der Waals surface area contributed by atoms with Crippen LogP contribution < -0.4 is 15.1 Å². The summed E-state index contributed by atoms with van der Waals surface area (Å²) in [5.74, 6) is -3.57. The van der Waals surface area contributed by atoms with Crippen molar-refractivity contribution in [3.63, 3.8) is 0 Å². The average Bonchev–Trinajstić information content (AvgIpc) is 3.60. The first-order valence-electron chi connectivity index (χ1n) is 10.7. The third kappa shape index (κ3) is 5.04. The number of hydrogen-bond acceptors (Lipinski definition) is 8. The number of fused-ring (bicyclic) bond motifs is 1. The molecule has 0 radical (unpaired) electrons. The van der Waals surface area contributed by atoms with E-state index in [9.17, 15) is 18.4 Å². The zero-order chi connectivity index (χ0) is 24.6. The molecule has 14 heteroatoms. The van der Waals surface area contributed by atoms with E-state index >= 15 is 8.78 Å². The molecule has 3 atom stereocenters. The summed E-state index contributed by atoms with van der Waals surface area (Å²) < 4.78 is 65.9. The number of halogens is 4. The third-order valence-corrected chi connectivity index (χ3v) is 5.93. The SMILES string of the molecule is CN1CCN(c2c(F)cc(N3CC(CNC(=O)C(F)F)OC4OC43)cc2F)CCN1C(=O)CO. The minimum absolute atomic E-state index is 0.0651. The smallest absolute Gasteiger partial charge is 0.315 e. The van der Waals surface area contributed by atoms with Crippen LogP contribution in [0.2, 0.25) is 0 Å². The van der Waals surface area contributed by atoms with Gasteiger partial charge in [0, 0.05) is 45.5 Å². The van der Waals surface area contributed by atoms with E-state index in [-0.39, 0.29) is 44.1 Å². The number of aliphatic hydroxyl groups is 1. The minimum Gasteiger partial charge on any atom is -0.386 e. The van der Waals surface area contributed by atoms with Gasteiger partial charge in [-0.25, -0.2) is 13.8 Å². The molecule has 2 amide bonds. The highest BCUT2D eigenvalue weighted by Crippen LogP contribution is 2.38. The lowest BCUT2D eigenvalue weighted by atomic mass is 10.1. The number of morpholine rings is 1. The van der Waals surface area contributed by atoms with Gasteiger partial charge >= 0.3 is 6.43 Å². The van der Waals surface area contributed by atoms with Crippen molar-refractivity contribution in [2.24, 2.45) is 0 Å². The van der Waals surface area contributed by atoms with Crippen LogP contribution in [0.4, 0.5) is 28.9 Å². The van der Waals surface area contributed by atoms with Crippen molar-refractivity contribution in [1.82, 2.24) is 15.3 Å². The Morgan fingerprint density at radius 2 is 1.82 bits per heavy atom. The number of nitrogens with zero attached hydrogens (tertiary/aromatic N) is 4. The molecule has 188 valence electrons. The summed E-state index contributed by atoms with van der Waals surface area (Å²) in [5.41, 5.74) is -0.0542. The highest BCUT2D eigenvalue weighted by atomic mass is 19.3. The van der Waals surface area contributed by atoms with Gasteiger partial charge < -0.3 is 29.7 Å². The highest BCUT2D eigenvalue weighted by molar-refractivity contribution is 5.79. The number of nitrogens with one attached hydrogen (secondary N) is 1. The molecule has 0 aliphatic carbocycles. The molecule has 1 aromatic carbocycles. The Hall–Kier alpha value is -2.68. The molecule has 1 aromatic rings. The number of benzene rings is 1. The molecule has 3 fully saturated rings. The number of alkyl halides is 2. The Bertz CT molecular complexity index is 918. The monoisotopic (exact) mass is 491 g/mol. The first kappa shape index (κ1) is 24.4. The fourth-order valence-electron chi connectivity index (χ4n) is 4.15. The first-order valence-corrected chi connectivity index (χ1v) is 10.7. The topological polar surface area (TPSA) is 101 Å². The second-order valence-corrected chi connectivity index (χ2v) is 8.15. The van der Waals surface area contributed by atoms with Crippen molar-refractivity contribution < 1.29 is 41.7 Å². The lowest BCUT2D eigenvalue weighted by Gasteiger charge is -2.32. The summed E-state index contributed by atoms with van der Waals surface area (Å²) in [5, 5.41) is 14.1. The van der Waals surface area contributed by atoms with Gasteiger partial charge in [0.25, 0.3) is 11.8 Å². The predicted octanol–water partition coefficient (Wildman–Crippen LogP) is -0.279. The van der Waals surface area contributed by atoms with Gasteiger partial charge in [-0.05, 0) is 12.1 Å². The van der Waals surface area contributed by atoms with E-state index in [0.717, 1.165) is 12.1 Å². The summed E-state index contributed by atoms with van der Waals surface area (Å²) in [4.78, 5) is 26.1. The van der Waals surface area contributed by atoms with E-state index in [4.69, 9.17) is 14.6 Å². The van der Waals surface area contributed by atoms with Crippen LogP contribution in [0.25, 0.3) is 0 Å². The molecule has 3 heterocycles. The van der Waals surface area contributed by atoms with Gasteiger partial charge in [0.1, 0.15) is 12.3 Å². The molecule has 10 nitrogen and oxygen atoms in total. The number of carbonyl (C=O) groups is 2. The fraction of sp³-hybridized carbons (Fsp3) is 0.600. The van der Waals surface area contributed by atoms with Crippen LogP contribution >= 0.6 is 0 Å². The van der Waals surface area contributed by atoms with Gasteiger partial charge in [0.2, 0.25) is 6.29 Å². The molecule has 3 saturated heterocycles. The average molecular weight is 491 g/mol. The van der Waals surface area contributed by atoms with Gasteiger partial charge in [0.05, 0.1) is 12.6 Å². The van der Waals surface area contributed by atoms with Crippen LogP contribution in [0.5, 0.6) is 0 Å². The molecular formula is C20H25F4N5O5. The third-order valence-electron chi connectivity index (χ3n) is 5.93. The molecular weight excluding hydrogens is 466 g/mol. The van der Waals surface area contributed by atoms with Crippen molar-refractivity contribution in [3.8, 4) is 0 Å². The maximum atomic E-state index is 15.1. The molecule has 3 aliphatic heterocycles. The maximum absolute atomic E-state index is 15.1. The molecule has 3 aliphatic rings. The van der Waals surface area contributed by atoms with Crippen LogP contribution in [0.3, 0.4) is 0 Å². The van der Waals surface area contributed by atoms with Gasteiger partial charge in [-0.2, -0.15) is 8.78 Å². The van der Waals surface area contributed by atoms with E-state index in [2.05, 4.69) is 5.32 Å². The standard InChI is InChI=1S/C20H25F4N5O5/c1-26-2-3-27(4-5-29(26)15(31)10-30)16-13(21)6-11(7-14(16)22)28-9-12(33-20-19(28)34-20)8-25-18(32)17(23)24/h6-7,12,17,19-20,30H,2-5,8-10H2,1H3,(H,25,32). The summed E-state index contributed by atoms with van der Waals surface area (Å²) in [6.45, 7) is 0.0351. The van der Waals surface area contributed by atoms with Crippen LogP contribution in [0, 0.1) is 11.6 Å². The molecule has 4 rings (SSSR count). The van der Waals surface area contributed by atoms with Crippen molar-refractivity contribution in [1.29, 1.82) is 0 Å². The van der Waals surface area contributed by atoms with Crippen molar-refractivity contribution in [2.45, 2.75) is 25.0 Å². The first-order chi connectivity index (χ1) is 16.2. The number of carbonyl (C=O) groups excluding carboxylic acids is 2. The number of rotatable bonds is 6. The Labute approximate surface area is 192 Å². The molecule has 34 heavy (non-hydrogen) atoms. The normalized spacial score (nSPS) is 25.3. The van der Waals surface area contributed by atoms with Gasteiger partial charge in [-0.15, -0.1) is 0 Å². The fourth-order valence-corrected chi connectivity index (χ4v) is 4.15. The van der Waals surface area contributed by atoms with Gasteiger partial charge in [0.15, 0.2) is 17.9 Å². The highest BCUT2D eigenvalue weighted by Gasteiger charge is 2.51. The van der Waals surface area contributed by atoms with E-state index in [1.165, 1.54) is 9.91 Å². The Kier molecular flexibility index (Phi) is 7.12. The number of hydrogen-bond donors (Lipinski definition) is 2. The number of likely N-dealkylation sites (N-methyl/N-ethyl adjacent to an activating group) is 1. The van der Waals surface area contributed by atoms with Crippen molar-refractivity contribution >= 4 is 23.2 Å². The van der Waals surface area contributed by atoms with Crippen LogP contribution in [-0.4, -0.2) is 105 Å². The number of anilines is 2. The van der Waals surface area contributed by atoms with Gasteiger partial charge in [-0.3, -0.25) is 14.6 Å². The molecule has 0 spiro atoms. The molecule has 3 unspecified atom stereocenters. The molecule has 0 bridgehead atoms. The lowest BCUT2D eigenvalue weighted by molar-refractivity contribution is -0.148. The Morgan fingerprint density at radius 1 is 1.15 bits per heavy atom. The number of ether oxygens (including phenoxy) is 2. The zero-order valence-electron chi connectivity index (χ0n) is 18.3. The predicted molar refractivity (Wildman–Crippen MR) is 110 cm³/mol. The molecule has 2 N–H and O–H groups in total. The van der Waals surface area contributed by atoms with Crippen molar-refractivity contribution in [3.05, 3.63) is 23.8 Å². The van der Waals surface area contributed by atoms with Gasteiger partial charge in [-0.1, -0.05) is 0 Å². The number of amides is 2. The Morgan fingerprint density at radius 3 is 2.47 bits per heavy atom. The Balaban J connectivity index is 1.47. The maximum Gasteiger partial charge on any atom is 0.315 e. The summed E-state index contributed by atoms with van der Waals surface area (Å²) in [6, 6.07) is 2.31.